The molecule has 26 heavy (non-hydrogen) atoms. The summed E-state index contributed by atoms with van der Waals surface area (Å²) in [5, 5.41) is 9.35. The van der Waals surface area contributed by atoms with Gasteiger partial charge in [0.15, 0.2) is 0 Å². The SMILES string of the molecule is C=CCC1(CC)COC1.CCc1ccc(CCCC(C)(CC)CO)cc1. The van der Waals surface area contributed by atoms with E-state index in [1.807, 2.05) is 6.08 Å². The zero-order chi connectivity index (χ0) is 19.5. The van der Waals surface area contributed by atoms with Crippen LogP contribution in [-0.4, -0.2) is 24.9 Å². The molecule has 0 aromatic heterocycles. The smallest absolute Gasteiger partial charge is 0.0547 e. The van der Waals surface area contributed by atoms with Gasteiger partial charge in [-0.3, -0.25) is 0 Å². The van der Waals surface area contributed by atoms with Crippen molar-refractivity contribution in [2.24, 2.45) is 10.8 Å². The number of hydrogen-bond acceptors (Lipinski definition) is 2. The number of aliphatic hydroxyl groups is 1. The van der Waals surface area contributed by atoms with Crippen LogP contribution < -0.4 is 0 Å². The third-order valence-corrected chi connectivity index (χ3v) is 6.06. The van der Waals surface area contributed by atoms with Gasteiger partial charge in [-0.05, 0) is 61.5 Å². The topological polar surface area (TPSA) is 29.5 Å². The molecule has 1 aromatic carbocycles. The third kappa shape index (κ3) is 7.25. The Bertz CT molecular complexity index is 490. The van der Waals surface area contributed by atoms with E-state index in [1.165, 1.54) is 17.5 Å². The summed E-state index contributed by atoms with van der Waals surface area (Å²) in [6, 6.07) is 8.92. The van der Waals surface area contributed by atoms with Crippen LogP contribution in [0.25, 0.3) is 0 Å². The predicted octanol–water partition coefficient (Wildman–Crippen LogP) is 5.97. The van der Waals surface area contributed by atoms with Gasteiger partial charge in [0, 0.05) is 12.0 Å². The fourth-order valence-electron chi connectivity index (χ4n) is 3.19. The Hall–Kier alpha value is -1.12. The predicted molar refractivity (Wildman–Crippen MR) is 113 cm³/mol. The molecule has 0 amide bonds. The van der Waals surface area contributed by atoms with Crippen LogP contribution in [0.15, 0.2) is 36.9 Å². The summed E-state index contributed by atoms with van der Waals surface area (Å²) in [4.78, 5) is 0. The molecular weight excluding hydrogens is 320 g/mol. The van der Waals surface area contributed by atoms with E-state index in [1.54, 1.807) is 0 Å². The molecule has 148 valence electrons. The lowest BCUT2D eigenvalue weighted by atomic mass is 9.80. The van der Waals surface area contributed by atoms with Crippen LogP contribution in [0.3, 0.4) is 0 Å². The largest absolute Gasteiger partial charge is 0.396 e. The molecular formula is C24H40O2. The lowest BCUT2D eigenvalue weighted by Crippen LogP contribution is -2.41. The number of allylic oxidation sites excluding steroid dienone is 1. The summed E-state index contributed by atoms with van der Waals surface area (Å²) in [6.45, 7) is 14.6. The second-order valence-electron chi connectivity index (χ2n) is 8.19. The van der Waals surface area contributed by atoms with Crippen LogP contribution in [0.1, 0.15) is 70.9 Å². The van der Waals surface area contributed by atoms with Crippen LogP contribution in [0.4, 0.5) is 0 Å². The average Bonchev–Trinajstić information content (AvgIpc) is 2.65. The summed E-state index contributed by atoms with van der Waals surface area (Å²) >= 11 is 0. The van der Waals surface area contributed by atoms with Gasteiger partial charge in [-0.1, -0.05) is 58.0 Å². The number of benzene rings is 1. The van der Waals surface area contributed by atoms with Crippen LogP contribution in [-0.2, 0) is 17.6 Å². The highest BCUT2D eigenvalue weighted by atomic mass is 16.5. The van der Waals surface area contributed by atoms with Crippen molar-refractivity contribution in [3.8, 4) is 0 Å². The molecule has 1 unspecified atom stereocenters. The lowest BCUT2D eigenvalue weighted by Gasteiger charge is -2.40. The van der Waals surface area contributed by atoms with Crippen LogP contribution in [0.5, 0.6) is 0 Å². The monoisotopic (exact) mass is 360 g/mol. The molecule has 1 aliphatic heterocycles. The summed E-state index contributed by atoms with van der Waals surface area (Å²) in [7, 11) is 0. The summed E-state index contributed by atoms with van der Waals surface area (Å²) in [5.41, 5.74) is 3.41. The normalized spacial score (nSPS) is 17.4. The first-order chi connectivity index (χ1) is 12.5. The van der Waals surface area contributed by atoms with E-state index in [0.717, 1.165) is 51.7 Å². The van der Waals surface area contributed by atoms with Crippen molar-refractivity contribution in [3.05, 3.63) is 48.0 Å². The second kappa shape index (κ2) is 11.6. The quantitative estimate of drug-likeness (QED) is 0.521. The average molecular weight is 361 g/mol. The molecule has 1 heterocycles. The molecule has 0 spiro atoms. The minimum Gasteiger partial charge on any atom is -0.396 e. The first-order valence-electron chi connectivity index (χ1n) is 10.3. The van der Waals surface area contributed by atoms with Crippen molar-refractivity contribution in [2.75, 3.05) is 19.8 Å². The molecule has 1 N–H and O–H groups in total. The molecule has 0 radical (unpaired) electrons. The molecule has 1 aliphatic rings. The van der Waals surface area contributed by atoms with Crippen molar-refractivity contribution in [1.29, 1.82) is 0 Å². The number of ether oxygens (including phenoxy) is 1. The van der Waals surface area contributed by atoms with Gasteiger partial charge in [0.05, 0.1) is 13.2 Å². The summed E-state index contributed by atoms with van der Waals surface area (Å²) in [6.07, 6.45) is 9.89. The standard InChI is InChI=1S/C16H26O.C8H14O/c1-4-14-8-10-15(11-9-14)7-6-12-16(3,5-2)13-17;1-3-5-8(4-2)6-9-7-8/h8-11,17H,4-7,12-13H2,1-3H3;3H,1,4-7H2,2H3. The highest BCUT2D eigenvalue weighted by molar-refractivity contribution is 5.22. The Labute approximate surface area is 161 Å². The molecule has 1 saturated heterocycles. The van der Waals surface area contributed by atoms with Gasteiger partial charge in [0.2, 0.25) is 0 Å². The first-order valence-corrected chi connectivity index (χ1v) is 10.3. The maximum Gasteiger partial charge on any atom is 0.0547 e. The zero-order valence-corrected chi connectivity index (χ0v) is 17.5. The number of aliphatic hydroxyl groups excluding tert-OH is 1. The van der Waals surface area contributed by atoms with Crippen molar-refractivity contribution in [1.82, 2.24) is 0 Å². The zero-order valence-electron chi connectivity index (χ0n) is 17.5. The maximum absolute atomic E-state index is 9.35. The Balaban J connectivity index is 0.000000314. The molecule has 2 nitrogen and oxygen atoms in total. The van der Waals surface area contributed by atoms with Gasteiger partial charge in [-0.25, -0.2) is 0 Å². The third-order valence-electron chi connectivity index (χ3n) is 6.06. The molecule has 1 atom stereocenters. The summed E-state index contributed by atoms with van der Waals surface area (Å²) < 4.78 is 5.13. The Morgan fingerprint density at radius 2 is 1.77 bits per heavy atom. The first kappa shape index (κ1) is 22.9. The number of rotatable bonds is 10. The Morgan fingerprint density at radius 1 is 1.15 bits per heavy atom. The molecule has 1 fully saturated rings. The van der Waals surface area contributed by atoms with Crippen molar-refractivity contribution in [3.63, 3.8) is 0 Å². The van der Waals surface area contributed by atoms with E-state index in [0.29, 0.717) is 12.0 Å². The fourth-order valence-corrected chi connectivity index (χ4v) is 3.19. The van der Waals surface area contributed by atoms with Crippen molar-refractivity contribution < 1.29 is 9.84 Å². The minimum atomic E-state index is 0.114. The molecule has 1 aromatic rings. The van der Waals surface area contributed by atoms with Gasteiger partial charge in [0.25, 0.3) is 0 Å². The van der Waals surface area contributed by atoms with E-state index < -0.39 is 0 Å². The molecule has 0 bridgehead atoms. The Kier molecular flexibility index (Phi) is 10.2. The number of aryl methyl sites for hydroxylation is 2. The maximum atomic E-state index is 9.35. The van der Waals surface area contributed by atoms with E-state index in [9.17, 15) is 5.11 Å². The molecule has 0 saturated carbocycles. The van der Waals surface area contributed by atoms with Crippen molar-refractivity contribution in [2.45, 2.75) is 72.6 Å². The second-order valence-corrected chi connectivity index (χ2v) is 8.19. The van der Waals surface area contributed by atoms with Gasteiger partial charge in [-0.2, -0.15) is 0 Å². The van der Waals surface area contributed by atoms with Crippen LogP contribution in [0.2, 0.25) is 0 Å². The van der Waals surface area contributed by atoms with Crippen LogP contribution in [0, 0.1) is 10.8 Å². The lowest BCUT2D eigenvalue weighted by molar-refractivity contribution is -0.112. The molecule has 2 rings (SSSR count). The van der Waals surface area contributed by atoms with Crippen molar-refractivity contribution >= 4 is 0 Å². The summed E-state index contributed by atoms with van der Waals surface area (Å²) in [5.74, 6) is 0. The molecule has 2 heteroatoms. The van der Waals surface area contributed by atoms with Gasteiger partial charge in [-0.15, -0.1) is 6.58 Å². The van der Waals surface area contributed by atoms with E-state index in [4.69, 9.17) is 4.74 Å². The van der Waals surface area contributed by atoms with Gasteiger partial charge < -0.3 is 9.84 Å². The highest BCUT2D eigenvalue weighted by Crippen LogP contribution is 2.34. The van der Waals surface area contributed by atoms with Crippen LogP contribution >= 0.6 is 0 Å². The number of hydrogen-bond donors (Lipinski definition) is 1. The highest BCUT2D eigenvalue weighted by Gasteiger charge is 2.34. The van der Waals surface area contributed by atoms with E-state index in [-0.39, 0.29) is 5.41 Å². The molecule has 0 aliphatic carbocycles. The fraction of sp³-hybridized carbons (Fsp3) is 0.667. The van der Waals surface area contributed by atoms with E-state index >= 15 is 0 Å². The minimum absolute atomic E-state index is 0.114. The van der Waals surface area contributed by atoms with E-state index in [2.05, 4.69) is 58.5 Å². The van der Waals surface area contributed by atoms with Gasteiger partial charge in [0.1, 0.15) is 0 Å². The van der Waals surface area contributed by atoms with Gasteiger partial charge >= 0.3 is 0 Å². The Morgan fingerprint density at radius 3 is 2.12 bits per heavy atom.